The molecule has 2 aromatic carbocycles. The fraction of sp³-hybridized carbons (Fsp3) is 0.143. The minimum Gasteiger partial charge on any atom is -0.497 e. The summed E-state index contributed by atoms with van der Waals surface area (Å²) in [6.07, 6.45) is 0. The van der Waals surface area contributed by atoms with Gasteiger partial charge in [0.2, 0.25) is 0 Å². The molecule has 0 aromatic heterocycles. The first-order chi connectivity index (χ1) is 9.60. The van der Waals surface area contributed by atoms with Gasteiger partial charge in [0.15, 0.2) is 0 Å². The predicted octanol–water partition coefficient (Wildman–Crippen LogP) is 1.81. The Morgan fingerprint density at radius 2 is 1.85 bits per heavy atom. The molecule has 0 radical (unpaired) electrons. The number of ether oxygens (including phenoxy) is 1. The van der Waals surface area contributed by atoms with Crippen molar-refractivity contribution >= 4 is 24.3 Å². The molecule has 0 bridgehead atoms. The Bertz CT molecular complexity index is 575. The largest absolute Gasteiger partial charge is 0.497 e. The van der Waals surface area contributed by atoms with Crippen LogP contribution >= 0.6 is 11.8 Å². The lowest BCUT2D eigenvalue weighted by Gasteiger charge is -2.10. The van der Waals surface area contributed by atoms with Gasteiger partial charge in [0.25, 0.3) is 0 Å². The zero-order chi connectivity index (χ0) is 14.5. The molecule has 0 saturated carbocycles. The summed E-state index contributed by atoms with van der Waals surface area (Å²) in [5, 5.41) is 18.6. The zero-order valence-electron chi connectivity index (χ0n) is 10.9. The maximum absolute atomic E-state index is 12.8. The average molecular weight is 292 g/mol. The molecular weight excluding hydrogens is 278 g/mol. The summed E-state index contributed by atoms with van der Waals surface area (Å²) < 4.78 is 17.9. The summed E-state index contributed by atoms with van der Waals surface area (Å²) in [6.45, 7) is 0. The molecule has 0 heterocycles. The molecule has 0 fully saturated rings. The van der Waals surface area contributed by atoms with Crippen LogP contribution in [-0.2, 0) is 5.75 Å². The normalized spacial score (nSPS) is 10.4. The number of hydrogen-bond acceptors (Lipinski definition) is 4. The molecule has 6 heteroatoms. The Morgan fingerprint density at radius 3 is 2.45 bits per heavy atom. The van der Waals surface area contributed by atoms with E-state index in [0.717, 1.165) is 10.5 Å². The zero-order valence-corrected chi connectivity index (χ0v) is 11.7. The molecule has 0 saturated heterocycles. The molecule has 2 rings (SSSR count). The maximum Gasteiger partial charge on any atom is 0.492 e. The van der Waals surface area contributed by atoms with Gasteiger partial charge in [-0.2, -0.15) is 0 Å². The maximum atomic E-state index is 12.8. The third-order valence-electron chi connectivity index (χ3n) is 2.79. The van der Waals surface area contributed by atoms with Gasteiger partial charge in [-0.15, -0.1) is 11.8 Å². The van der Waals surface area contributed by atoms with Crippen molar-refractivity contribution in [3.8, 4) is 5.75 Å². The highest BCUT2D eigenvalue weighted by Gasteiger charge is 2.17. The monoisotopic (exact) mass is 292 g/mol. The number of benzene rings is 2. The molecule has 0 amide bonds. The first-order valence-corrected chi connectivity index (χ1v) is 7.00. The number of hydrogen-bond donors (Lipinski definition) is 2. The molecule has 0 unspecified atom stereocenters. The summed E-state index contributed by atoms with van der Waals surface area (Å²) in [7, 11) is -0.0885. The summed E-state index contributed by atoms with van der Waals surface area (Å²) in [6, 6.07) is 11.5. The minimum absolute atomic E-state index is 0.260. The smallest absolute Gasteiger partial charge is 0.492 e. The molecular formula is C14H14BFO3S. The minimum atomic E-state index is -1.57. The van der Waals surface area contributed by atoms with E-state index in [0.29, 0.717) is 17.0 Å². The molecule has 20 heavy (non-hydrogen) atoms. The third kappa shape index (κ3) is 3.76. The van der Waals surface area contributed by atoms with Crippen LogP contribution in [0.4, 0.5) is 4.39 Å². The van der Waals surface area contributed by atoms with Crippen molar-refractivity contribution in [2.24, 2.45) is 0 Å². The van der Waals surface area contributed by atoms with Gasteiger partial charge in [0, 0.05) is 16.1 Å². The van der Waals surface area contributed by atoms with E-state index in [1.165, 1.54) is 19.2 Å². The van der Waals surface area contributed by atoms with E-state index in [2.05, 4.69) is 0 Å². The van der Waals surface area contributed by atoms with E-state index >= 15 is 0 Å². The Kier molecular flexibility index (Phi) is 5.06. The van der Waals surface area contributed by atoms with Crippen molar-refractivity contribution in [3.05, 3.63) is 53.8 Å². The lowest BCUT2D eigenvalue weighted by molar-refractivity contribution is 0.403. The van der Waals surface area contributed by atoms with Crippen molar-refractivity contribution in [3.63, 3.8) is 0 Å². The second-order valence-corrected chi connectivity index (χ2v) is 5.24. The van der Waals surface area contributed by atoms with Crippen molar-refractivity contribution < 1.29 is 19.2 Å². The van der Waals surface area contributed by atoms with E-state index in [1.807, 2.05) is 6.07 Å². The van der Waals surface area contributed by atoms with Crippen LogP contribution in [0.2, 0.25) is 0 Å². The Balaban J connectivity index is 2.09. The van der Waals surface area contributed by atoms with Crippen LogP contribution in [0.15, 0.2) is 47.4 Å². The van der Waals surface area contributed by atoms with Crippen LogP contribution < -0.4 is 10.2 Å². The van der Waals surface area contributed by atoms with E-state index in [9.17, 15) is 14.4 Å². The lowest BCUT2D eigenvalue weighted by atomic mass is 9.79. The standard InChI is InChI=1S/C14H14BFO3S/c1-19-14-7-2-10(8-13(14)15(17)18)9-20-12-5-3-11(16)4-6-12/h2-8,17-18H,9H2,1H3. The van der Waals surface area contributed by atoms with Crippen LogP contribution in [-0.4, -0.2) is 24.3 Å². The van der Waals surface area contributed by atoms with Crippen LogP contribution in [0.25, 0.3) is 0 Å². The van der Waals surface area contributed by atoms with Gasteiger partial charge < -0.3 is 14.8 Å². The van der Waals surface area contributed by atoms with E-state index in [4.69, 9.17) is 4.74 Å². The first kappa shape index (κ1) is 14.9. The third-order valence-corrected chi connectivity index (χ3v) is 3.87. The average Bonchev–Trinajstić information content (AvgIpc) is 2.46. The molecule has 3 nitrogen and oxygen atoms in total. The SMILES string of the molecule is COc1ccc(CSc2ccc(F)cc2)cc1B(O)O. The van der Waals surface area contributed by atoms with Gasteiger partial charge in [0.05, 0.1) is 7.11 Å². The van der Waals surface area contributed by atoms with Gasteiger partial charge in [-0.1, -0.05) is 12.1 Å². The fourth-order valence-electron chi connectivity index (χ4n) is 1.77. The first-order valence-electron chi connectivity index (χ1n) is 6.01. The Labute approximate surface area is 121 Å². The van der Waals surface area contributed by atoms with Crippen LogP contribution in [0.5, 0.6) is 5.75 Å². The van der Waals surface area contributed by atoms with Crippen molar-refractivity contribution in [2.45, 2.75) is 10.6 Å². The molecule has 0 aliphatic carbocycles. The van der Waals surface area contributed by atoms with Crippen molar-refractivity contribution in [1.82, 2.24) is 0 Å². The van der Waals surface area contributed by atoms with Gasteiger partial charge in [-0.05, 0) is 35.9 Å². The molecule has 2 aromatic rings. The van der Waals surface area contributed by atoms with E-state index in [-0.39, 0.29) is 5.82 Å². The van der Waals surface area contributed by atoms with Gasteiger partial charge in [-0.25, -0.2) is 4.39 Å². The number of rotatable bonds is 5. The molecule has 0 atom stereocenters. The number of methoxy groups -OCH3 is 1. The Morgan fingerprint density at radius 1 is 1.15 bits per heavy atom. The van der Waals surface area contributed by atoms with Gasteiger partial charge in [0.1, 0.15) is 11.6 Å². The van der Waals surface area contributed by atoms with Crippen LogP contribution in [0.3, 0.4) is 0 Å². The second-order valence-electron chi connectivity index (χ2n) is 4.19. The highest BCUT2D eigenvalue weighted by Crippen LogP contribution is 2.23. The molecule has 0 aliphatic heterocycles. The van der Waals surface area contributed by atoms with E-state index < -0.39 is 7.12 Å². The van der Waals surface area contributed by atoms with Gasteiger partial charge >= 0.3 is 7.12 Å². The Hall–Kier alpha value is -1.50. The molecule has 104 valence electrons. The number of halogens is 1. The molecule has 0 aliphatic rings. The second kappa shape index (κ2) is 6.79. The van der Waals surface area contributed by atoms with Crippen LogP contribution in [0, 0.1) is 5.82 Å². The van der Waals surface area contributed by atoms with Crippen molar-refractivity contribution in [1.29, 1.82) is 0 Å². The summed E-state index contributed by atoms with van der Waals surface area (Å²) in [5.41, 5.74) is 1.27. The summed E-state index contributed by atoms with van der Waals surface area (Å²) in [5.74, 6) is 0.829. The van der Waals surface area contributed by atoms with E-state index in [1.54, 1.807) is 36.0 Å². The molecule has 0 spiro atoms. The fourth-order valence-corrected chi connectivity index (χ4v) is 2.61. The van der Waals surface area contributed by atoms with Gasteiger partial charge in [-0.3, -0.25) is 0 Å². The quantitative estimate of drug-likeness (QED) is 0.652. The molecule has 2 N–H and O–H groups in total. The highest BCUT2D eigenvalue weighted by molar-refractivity contribution is 7.98. The highest BCUT2D eigenvalue weighted by atomic mass is 32.2. The predicted molar refractivity (Wildman–Crippen MR) is 78.8 cm³/mol. The topological polar surface area (TPSA) is 49.7 Å². The van der Waals surface area contributed by atoms with Crippen LogP contribution in [0.1, 0.15) is 5.56 Å². The summed E-state index contributed by atoms with van der Waals surface area (Å²) >= 11 is 1.55. The van der Waals surface area contributed by atoms with Crippen molar-refractivity contribution in [2.75, 3.05) is 7.11 Å². The summed E-state index contributed by atoms with van der Waals surface area (Å²) in [4.78, 5) is 0.952. The number of thioether (sulfide) groups is 1. The lowest BCUT2D eigenvalue weighted by Crippen LogP contribution is -2.31.